The van der Waals surface area contributed by atoms with E-state index in [0.29, 0.717) is 13.2 Å². The molecule has 0 aliphatic carbocycles. The maximum absolute atomic E-state index is 9.24. The average molecular weight is 329 g/mol. The van der Waals surface area contributed by atoms with E-state index in [9.17, 15) is 5.11 Å². The van der Waals surface area contributed by atoms with Gasteiger partial charge in [0.05, 0.1) is 13.7 Å². The van der Waals surface area contributed by atoms with Gasteiger partial charge >= 0.3 is 0 Å². The minimum atomic E-state index is 0.118. The number of nitrogens with one attached hydrogen (secondary N) is 1. The van der Waals surface area contributed by atoms with Gasteiger partial charge in [-0.15, -0.1) is 0 Å². The van der Waals surface area contributed by atoms with Gasteiger partial charge in [-0.25, -0.2) is 0 Å². The largest absolute Gasteiger partial charge is 0.493 e. The first-order chi connectivity index (χ1) is 11.7. The molecule has 0 spiro atoms. The molecule has 0 amide bonds. The molecule has 0 aliphatic heterocycles. The highest BCUT2D eigenvalue weighted by Crippen LogP contribution is 2.29. The van der Waals surface area contributed by atoms with Crippen LogP contribution in [0.1, 0.15) is 30.0 Å². The molecule has 4 heteroatoms. The number of hydrogen-bond donors (Lipinski definition) is 2. The summed E-state index contributed by atoms with van der Waals surface area (Å²) in [6, 6.07) is 14.2. The molecule has 0 bridgehead atoms. The van der Waals surface area contributed by atoms with E-state index in [1.165, 1.54) is 11.1 Å². The van der Waals surface area contributed by atoms with Crippen LogP contribution in [0.3, 0.4) is 0 Å². The summed E-state index contributed by atoms with van der Waals surface area (Å²) in [5.41, 5.74) is 3.48. The molecule has 2 rings (SSSR count). The Bertz CT molecular complexity index is 639. The smallest absolute Gasteiger partial charge is 0.161 e. The topological polar surface area (TPSA) is 50.7 Å². The number of hydrogen-bond acceptors (Lipinski definition) is 4. The van der Waals surface area contributed by atoms with E-state index in [0.717, 1.165) is 23.5 Å². The SMILES string of the molecule is CC[C@H](CO)NCc1ccc(OCc2ccccc2C)c(OC)c1. The lowest BCUT2D eigenvalue weighted by Crippen LogP contribution is -2.31. The Labute approximate surface area is 144 Å². The summed E-state index contributed by atoms with van der Waals surface area (Å²) in [5.74, 6) is 1.46. The lowest BCUT2D eigenvalue weighted by molar-refractivity contribution is 0.238. The second-order valence-corrected chi connectivity index (χ2v) is 5.87. The van der Waals surface area contributed by atoms with Crippen molar-refractivity contribution in [3.8, 4) is 11.5 Å². The average Bonchev–Trinajstić information content (AvgIpc) is 2.62. The van der Waals surface area contributed by atoms with E-state index >= 15 is 0 Å². The molecule has 0 radical (unpaired) electrons. The van der Waals surface area contributed by atoms with Crippen molar-refractivity contribution >= 4 is 0 Å². The zero-order valence-corrected chi connectivity index (χ0v) is 14.7. The van der Waals surface area contributed by atoms with E-state index in [-0.39, 0.29) is 12.6 Å². The van der Waals surface area contributed by atoms with Crippen LogP contribution >= 0.6 is 0 Å². The van der Waals surface area contributed by atoms with Crippen molar-refractivity contribution in [1.82, 2.24) is 5.32 Å². The minimum absolute atomic E-state index is 0.118. The minimum Gasteiger partial charge on any atom is -0.493 e. The van der Waals surface area contributed by atoms with Gasteiger partial charge in [0.25, 0.3) is 0 Å². The standard InChI is InChI=1S/C20H27NO3/c1-4-18(13-22)21-12-16-9-10-19(20(11-16)23-3)24-14-17-8-6-5-7-15(17)2/h5-11,18,21-22H,4,12-14H2,1-3H3/t18-/m1/s1. The molecule has 4 nitrogen and oxygen atoms in total. The summed E-state index contributed by atoms with van der Waals surface area (Å²) in [5, 5.41) is 12.6. The van der Waals surface area contributed by atoms with E-state index in [1.54, 1.807) is 7.11 Å². The van der Waals surface area contributed by atoms with E-state index < -0.39 is 0 Å². The highest BCUT2D eigenvalue weighted by atomic mass is 16.5. The fourth-order valence-electron chi connectivity index (χ4n) is 2.47. The lowest BCUT2D eigenvalue weighted by Gasteiger charge is -2.16. The van der Waals surface area contributed by atoms with Crippen LogP contribution in [0.15, 0.2) is 42.5 Å². The highest BCUT2D eigenvalue weighted by Gasteiger charge is 2.09. The monoisotopic (exact) mass is 329 g/mol. The highest BCUT2D eigenvalue weighted by molar-refractivity contribution is 5.43. The Balaban J connectivity index is 2.02. The van der Waals surface area contributed by atoms with Crippen molar-refractivity contribution < 1.29 is 14.6 Å². The summed E-state index contributed by atoms with van der Waals surface area (Å²) in [4.78, 5) is 0. The molecular weight excluding hydrogens is 302 g/mol. The molecule has 2 aromatic rings. The molecule has 24 heavy (non-hydrogen) atoms. The van der Waals surface area contributed by atoms with Gasteiger partial charge < -0.3 is 19.9 Å². The quantitative estimate of drug-likeness (QED) is 0.740. The van der Waals surface area contributed by atoms with Gasteiger partial charge in [-0.05, 0) is 42.2 Å². The summed E-state index contributed by atoms with van der Waals surface area (Å²) in [6.45, 7) is 5.48. The molecule has 0 fully saturated rings. The predicted molar refractivity (Wildman–Crippen MR) is 96.5 cm³/mol. The van der Waals surface area contributed by atoms with Gasteiger partial charge in [-0.3, -0.25) is 0 Å². The van der Waals surface area contributed by atoms with Crippen LogP contribution in [0, 0.1) is 6.92 Å². The zero-order valence-electron chi connectivity index (χ0n) is 14.7. The van der Waals surface area contributed by atoms with Gasteiger partial charge in [-0.2, -0.15) is 0 Å². The number of aliphatic hydroxyl groups excluding tert-OH is 1. The van der Waals surface area contributed by atoms with Crippen molar-refractivity contribution in [2.45, 2.75) is 39.5 Å². The van der Waals surface area contributed by atoms with Gasteiger partial charge in [0.15, 0.2) is 11.5 Å². The number of methoxy groups -OCH3 is 1. The van der Waals surface area contributed by atoms with Crippen LogP contribution in [0.25, 0.3) is 0 Å². The lowest BCUT2D eigenvalue weighted by atomic mass is 10.1. The molecule has 0 saturated heterocycles. The first-order valence-corrected chi connectivity index (χ1v) is 8.36. The molecule has 0 aliphatic rings. The van der Waals surface area contributed by atoms with Crippen molar-refractivity contribution in [3.63, 3.8) is 0 Å². The van der Waals surface area contributed by atoms with E-state index in [2.05, 4.69) is 31.3 Å². The molecule has 0 saturated carbocycles. The van der Waals surface area contributed by atoms with Crippen molar-refractivity contribution in [2.24, 2.45) is 0 Å². The van der Waals surface area contributed by atoms with Gasteiger partial charge in [-0.1, -0.05) is 37.3 Å². The van der Waals surface area contributed by atoms with Gasteiger partial charge in [0.2, 0.25) is 0 Å². The Morgan fingerprint density at radius 3 is 2.58 bits per heavy atom. The van der Waals surface area contributed by atoms with E-state index in [1.807, 2.05) is 30.3 Å². The maximum atomic E-state index is 9.24. The van der Waals surface area contributed by atoms with Gasteiger partial charge in [0, 0.05) is 12.6 Å². The molecule has 0 unspecified atom stereocenters. The molecule has 2 aromatic carbocycles. The van der Waals surface area contributed by atoms with Crippen molar-refractivity contribution in [2.75, 3.05) is 13.7 Å². The third-order valence-electron chi connectivity index (χ3n) is 4.18. The molecule has 0 aromatic heterocycles. The number of ether oxygens (including phenoxy) is 2. The summed E-state index contributed by atoms with van der Waals surface area (Å²) < 4.78 is 11.4. The second kappa shape index (κ2) is 9.30. The number of aryl methyl sites for hydroxylation is 1. The van der Waals surface area contributed by atoms with Crippen LogP contribution in [0.5, 0.6) is 11.5 Å². The van der Waals surface area contributed by atoms with Crippen LogP contribution in [-0.2, 0) is 13.2 Å². The summed E-state index contributed by atoms with van der Waals surface area (Å²) in [7, 11) is 1.65. The fraction of sp³-hybridized carbons (Fsp3) is 0.400. The van der Waals surface area contributed by atoms with Crippen LogP contribution in [0.4, 0.5) is 0 Å². The zero-order chi connectivity index (χ0) is 17.4. The first-order valence-electron chi connectivity index (χ1n) is 8.36. The predicted octanol–water partition coefficient (Wildman–Crippen LogP) is 3.44. The third-order valence-corrected chi connectivity index (χ3v) is 4.18. The van der Waals surface area contributed by atoms with Crippen LogP contribution < -0.4 is 14.8 Å². The summed E-state index contributed by atoms with van der Waals surface area (Å²) in [6.07, 6.45) is 0.894. The summed E-state index contributed by atoms with van der Waals surface area (Å²) >= 11 is 0. The van der Waals surface area contributed by atoms with Crippen molar-refractivity contribution in [3.05, 3.63) is 59.2 Å². The molecule has 0 heterocycles. The molecule has 130 valence electrons. The number of rotatable bonds is 9. The molecular formula is C20H27NO3. The number of benzene rings is 2. The second-order valence-electron chi connectivity index (χ2n) is 5.87. The van der Waals surface area contributed by atoms with Crippen LogP contribution in [-0.4, -0.2) is 24.9 Å². The Morgan fingerprint density at radius 2 is 1.92 bits per heavy atom. The molecule has 2 N–H and O–H groups in total. The Kier molecular flexibility index (Phi) is 7.09. The third kappa shape index (κ3) is 4.98. The number of aliphatic hydroxyl groups is 1. The van der Waals surface area contributed by atoms with Crippen molar-refractivity contribution in [1.29, 1.82) is 0 Å². The molecule has 1 atom stereocenters. The fourth-order valence-corrected chi connectivity index (χ4v) is 2.47. The Morgan fingerprint density at radius 1 is 1.12 bits per heavy atom. The van der Waals surface area contributed by atoms with Crippen LogP contribution in [0.2, 0.25) is 0 Å². The maximum Gasteiger partial charge on any atom is 0.161 e. The Hall–Kier alpha value is -2.04. The van der Waals surface area contributed by atoms with E-state index in [4.69, 9.17) is 9.47 Å². The normalized spacial score (nSPS) is 12.0. The first kappa shape index (κ1) is 18.3. The van der Waals surface area contributed by atoms with Gasteiger partial charge in [0.1, 0.15) is 6.61 Å².